The van der Waals surface area contributed by atoms with Crippen molar-refractivity contribution in [1.82, 2.24) is 4.98 Å². The van der Waals surface area contributed by atoms with E-state index in [1.54, 1.807) is 18.3 Å². The van der Waals surface area contributed by atoms with E-state index in [0.717, 1.165) is 21.5 Å². The van der Waals surface area contributed by atoms with E-state index >= 15 is 0 Å². The number of benzene rings is 2. The molecule has 4 rings (SSSR count). The largest absolute Gasteiger partial charge is 0.497 e. The number of amides is 1. The van der Waals surface area contributed by atoms with Crippen LogP contribution in [-0.4, -0.2) is 18.0 Å². The summed E-state index contributed by atoms with van der Waals surface area (Å²) in [7, 11) is 1.64. The van der Waals surface area contributed by atoms with E-state index in [-0.39, 0.29) is 5.91 Å². The van der Waals surface area contributed by atoms with Crippen molar-refractivity contribution in [3.63, 3.8) is 0 Å². The first kappa shape index (κ1) is 18.3. The van der Waals surface area contributed by atoms with Gasteiger partial charge in [0, 0.05) is 0 Å². The number of ether oxygens (including phenoxy) is 1. The van der Waals surface area contributed by atoms with Crippen LogP contribution in [0.25, 0.3) is 10.2 Å². The third-order valence-corrected chi connectivity index (χ3v) is 5.53. The second-order valence-corrected chi connectivity index (χ2v) is 7.56. The lowest BCUT2D eigenvalue weighted by molar-refractivity contribution is -0.118. The van der Waals surface area contributed by atoms with E-state index < -0.39 is 0 Å². The van der Waals surface area contributed by atoms with Gasteiger partial charge in [-0.25, -0.2) is 4.98 Å². The Kier molecular flexibility index (Phi) is 5.12. The summed E-state index contributed by atoms with van der Waals surface area (Å²) in [6.07, 6.45) is 1.92. The van der Waals surface area contributed by atoms with Crippen molar-refractivity contribution in [2.75, 3.05) is 12.0 Å². The molecular formula is C22H20N2O3S. The van der Waals surface area contributed by atoms with E-state index in [9.17, 15) is 4.79 Å². The Bertz CT molecular complexity index is 1080. The van der Waals surface area contributed by atoms with Crippen LogP contribution in [0.2, 0.25) is 0 Å². The highest BCUT2D eigenvalue weighted by Crippen LogP contribution is 2.32. The van der Waals surface area contributed by atoms with Gasteiger partial charge in [-0.05, 0) is 42.8 Å². The first-order valence-corrected chi connectivity index (χ1v) is 9.77. The van der Waals surface area contributed by atoms with Gasteiger partial charge in [-0.2, -0.15) is 0 Å². The molecule has 0 spiro atoms. The van der Waals surface area contributed by atoms with E-state index in [4.69, 9.17) is 9.15 Å². The number of fused-ring (bicyclic) bond motifs is 1. The Morgan fingerprint density at radius 1 is 1.18 bits per heavy atom. The number of aromatic nitrogens is 1. The van der Waals surface area contributed by atoms with Gasteiger partial charge in [0.25, 0.3) is 0 Å². The Morgan fingerprint density at radius 2 is 2.00 bits per heavy atom. The maximum atomic E-state index is 13.2. The van der Waals surface area contributed by atoms with Crippen molar-refractivity contribution in [3.8, 4) is 5.75 Å². The number of aryl methyl sites for hydroxylation is 1. The van der Waals surface area contributed by atoms with Crippen LogP contribution in [-0.2, 0) is 17.8 Å². The fraction of sp³-hybridized carbons (Fsp3) is 0.182. The number of furan rings is 1. The summed E-state index contributed by atoms with van der Waals surface area (Å²) in [5.74, 6) is 1.46. The molecule has 0 saturated heterocycles. The smallest absolute Gasteiger partial charge is 0.233 e. The molecule has 28 heavy (non-hydrogen) atoms. The Balaban J connectivity index is 1.66. The molecular weight excluding hydrogens is 372 g/mol. The molecule has 0 fully saturated rings. The van der Waals surface area contributed by atoms with Crippen LogP contribution in [0.1, 0.15) is 16.9 Å². The van der Waals surface area contributed by atoms with Gasteiger partial charge in [-0.15, -0.1) is 0 Å². The van der Waals surface area contributed by atoms with Crippen molar-refractivity contribution >= 4 is 32.6 Å². The number of nitrogens with zero attached hydrogens (tertiary/aromatic N) is 2. The Morgan fingerprint density at radius 3 is 2.71 bits per heavy atom. The molecule has 0 unspecified atom stereocenters. The van der Waals surface area contributed by atoms with Crippen LogP contribution >= 0.6 is 11.3 Å². The summed E-state index contributed by atoms with van der Waals surface area (Å²) in [5, 5.41) is 0.650. The first-order valence-electron chi connectivity index (χ1n) is 8.95. The van der Waals surface area contributed by atoms with Crippen molar-refractivity contribution in [1.29, 1.82) is 0 Å². The van der Waals surface area contributed by atoms with Gasteiger partial charge in [0.1, 0.15) is 11.5 Å². The van der Waals surface area contributed by atoms with Crippen LogP contribution in [0.15, 0.2) is 65.3 Å². The van der Waals surface area contributed by atoms with Crippen molar-refractivity contribution in [2.24, 2.45) is 0 Å². The molecule has 1 amide bonds. The van der Waals surface area contributed by atoms with Gasteiger partial charge in [0.05, 0.1) is 36.6 Å². The average molecular weight is 392 g/mol. The minimum Gasteiger partial charge on any atom is -0.497 e. The highest BCUT2D eigenvalue weighted by molar-refractivity contribution is 7.22. The standard InChI is InChI=1S/C22H20N2O3S/c1-15-5-7-16(8-6-15)12-21(25)24(14-18-4-3-11-27-18)22-23-19-10-9-17(26-2)13-20(19)28-22/h3-11,13H,12,14H2,1-2H3. The lowest BCUT2D eigenvalue weighted by Gasteiger charge is -2.18. The van der Waals surface area contributed by atoms with E-state index in [2.05, 4.69) is 4.98 Å². The van der Waals surface area contributed by atoms with Gasteiger partial charge in [-0.3, -0.25) is 9.69 Å². The molecule has 0 aliphatic carbocycles. The zero-order chi connectivity index (χ0) is 19.5. The number of hydrogen-bond donors (Lipinski definition) is 0. The van der Waals surface area contributed by atoms with Crippen LogP contribution in [0, 0.1) is 6.92 Å². The lowest BCUT2D eigenvalue weighted by atomic mass is 10.1. The monoisotopic (exact) mass is 392 g/mol. The number of carbonyl (C=O) groups excluding carboxylic acids is 1. The zero-order valence-electron chi connectivity index (χ0n) is 15.7. The highest BCUT2D eigenvalue weighted by Gasteiger charge is 2.21. The fourth-order valence-corrected chi connectivity index (χ4v) is 3.94. The molecule has 6 heteroatoms. The maximum absolute atomic E-state index is 13.2. The molecule has 0 aliphatic rings. The summed E-state index contributed by atoms with van der Waals surface area (Å²) >= 11 is 1.47. The quantitative estimate of drug-likeness (QED) is 0.464. The molecule has 2 heterocycles. The van der Waals surface area contributed by atoms with Crippen molar-refractivity contribution < 1.29 is 13.9 Å². The highest BCUT2D eigenvalue weighted by atomic mass is 32.1. The van der Waals surface area contributed by atoms with E-state index in [0.29, 0.717) is 23.9 Å². The molecule has 4 aromatic rings. The molecule has 2 aromatic carbocycles. The topological polar surface area (TPSA) is 55.6 Å². The molecule has 0 atom stereocenters. The summed E-state index contributed by atoms with van der Waals surface area (Å²) in [5.41, 5.74) is 2.99. The zero-order valence-corrected chi connectivity index (χ0v) is 16.5. The second kappa shape index (κ2) is 7.86. The van der Waals surface area contributed by atoms with Gasteiger partial charge in [0.15, 0.2) is 5.13 Å². The van der Waals surface area contributed by atoms with Gasteiger partial charge in [0.2, 0.25) is 5.91 Å². The first-order chi connectivity index (χ1) is 13.6. The molecule has 0 N–H and O–H groups in total. The third kappa shape index (κ3) is 3.92. The number of hydrogen-bond acceptors (Lipinski definition) is 5. The summed E-state index contributed by atoms with van der Waals surface area (Å²) < 4.78 is 11.7. The molecule has 0 bridgehead atoms. The van der Waals surface area contributed by atoms with E-state index in [1.807, 2.05) is 61.5 Å². The summed E-state index contributed by atoms with van der Waals surface area (Å²) in [6, 6.07) is 17.4. The molecule has 0 aliphatic heterocycles. The molecule has 142 valence electrons. The molecule has 2 aromatic heterocycles. The van der Waals surface area contributed by atoms with Crippen LogP contribution in [0.3, 0.4) is 0 Å². The van der Waals surface area contributed by atoms with E-state index in [1.165, 1.54) is 16.9 Å². The minimum absolute atomic E-state index is 0.0220. The van der Waals surface area contributed by atoms with Crippen molar-refractivity contribution in [3.05, 3.63) is 77.7 Å². The maximum Gasteiger partial charge on any atom is 0.233 e. The normalized spacial score (nSPS) is 10.9. The van der Waals surface area contributed by atoms with Gasteiger partial charge in [-0.1, -0.05) is 41.2 Å². The summed E-state index contributed by atoms with van der Waals surface area (Å²) in [4.78, 5) is 19.5. The second-order valence-electron chi connectivity index (χ2n) is 6.55. The number of rotatable bonds is 6. The Hall–Kier alpha value is -3.12. The van der Waals surface area contributed by atoms with Crippen molar-refractivity contribution in [2.45, 2.75) is 19.9 Å². The lowest BCUT2D eigenvalue weighted by Crippen LogP contribution is -2.31. The predicted octanol–water partition coefficient (Wildman–Crippen LogP) is 4.98. The number of carbonyl (C=O) groups is 1. The third-order valence-electron chi connectivity index (χ3n) is 4.49. The predicted molar refractivity (Wildman–Crippen MR) is 111 cm³/mol. The van der Waals surface area contributed by atoms with Crippen LogP contribution in [0.5, 0.6) is 5.75 Å². The molecule has 5 nitrogen and oxygen atoms in total. The molecule has 0 saturated carbocycles. The SMILES string of the molecule is COc1ccc2nc(N(Cc3ccco3)C(=O)Cc3ccc(C)cc3)sc2c1. The van der Waals surface area contributed by atoms with Crippen LogP contribution < -0.4 is 9.64 Å². The van der Waals surface area contributed by atoms with Gasteiger partial charge >= 0.3 is 0 Å². The van der Waals surface area contributed by atoms with Crippen LogP contribution in [0.4, 0.5) is 5.13 Å². The number of anilines is 1. The van der Waals surface area contributed by atoms with Gasteiger partial charge < -0.3 is 9.15 Å². The summed E-state index contributed by atoms with van der Waals surface area (Å²) in [6.45, 7) is 2.37. The molecule has 0 radical (unpaired) electrons. The number of thiazole rings is 1. The fourth-order valence-electron chi connectivity index (χ4n) is 2.93. The minimum atomic E-state index is -0.0220. The Labute approximate surface area is 167 Å². The average Bonchev–Trinajstić information content (AvgIpc) is 3.36. The number of methoxy groups -OCH3 is 1.